The standard InChI is InChI=1S/C28H44O3/c1-18(9-10-19(2)27(4,5)31)24-13-14-25-21(8-7-15-28(24,25)6)11-12-22-16-23(29)17-26(30)20(22)3/h9-12,18-19,23-26,29-31H,3,7-8,13-17H2,1-2,4-6H3/b10-9+,21-11+,22-12-/t18-,19+,23-,24-,25?,26+,28-/m1/s1. The maximum absolute atomic E-state index is 10.3. The van der Waals surface area contributed by atoms with E-state index in [0.29, 0.717) is 36.0 Å². The van der Waals surface area contributed by atoms with Crippen molar-refractivity contribution < 1.29 is 15.3 Å². The first-order valence-corrected chi connectivity index (χ1v) is 12.3. The summed E-state index contributed by atoms with van der Waals surface area (Å²) in [6, 6.07) is 0. The fourth-order valence-corrected chi connectivity index (χ4v) is 6.32. The summed E-state index contributed by atoms with van der Waals surface area (Å²) in [5, 5.41) is 30.4. The molecule has 0 heterocycles. The maximum atomic E-state index is 10.3. The molecule has 0 aliphatic heterocycles. The second kappa shape index (κ2) is 9.37. The second-order valence-corrected chi connectivity index (χ2v) is 11.4. The molecule has 3 rings (SSSR count). The molecule has 3 N–H and O–H groups in total. The molecular weight excluding hydrogens is 384 g/mol. The highest BCUT2D eigenvalue weighted by atomic mass is 16.3. The molecule has 3 heteroatoms. The van der Waals surface area contributed by atoms with Gasteiger partial charge in [-0.1, -0.05) is 57.2 Å². The van der Waals surface area contributed by atoms with Gasteiger partial charge in [0.25, 0.3) is 0 Å². The Labute approximate surface area is 189 Å². The molecule has 3 fully saturated rings. The van der Waals surface area contributed by atoms with Crippen molar-refractivity contribution >= 4 is 0 Å². The summed E-state index contributed by atoms with van der Waals surface area (Å²) in [7, 11) is 0. The minimum Gasteiger partial charge on any atom is -0.393 e. The summed E-state index contributed by atoms with van der Waals surface area (Å²) < 4.78 is 0. The van der Waals surface area contributed by atoms with Crippen LogP contribution in [0.25, 0.3) is 0 Å². The zero-order valence-corrected chi connectivity index (χ0v) is 20.3. The van der Waals surface area contributed by atoms with Crippen LogP contribution in [-0.4, -0.2) is 33.1 Å². The lowest BCUT2D eigenvalue weighted by atomic mass is 9.61. The normalized spacial score (nSPS) is 39.3. The molecule has 3 aliphatic carbocycles. The lowest BCUT2D eigenvalue weighted by Gasteiger charge is -2.44. The topological polar surface area (TPSA) is 60.7 Å². The van der Waals surface area contributed by atoms with Crippen molar-refractivity contribution in [2.75, 3.05) is 0 Å². The molecule has 0 spiro atoms. The van der Waals surface area contributed by atoms with Crippen LogP contribution in [0.5, 0.6) is 0 Å². The van der Waals surface area contributed by atoms with Crippen LogP contribution in [0.1, 0.15) is 79.6 Å². The Morgan fingerprint density at radius 2 is 1.84 bits per heavy atom. The molecule has 0 radical (unpaired) electrons. The zero-order chi connectivity index (χ0) is 23.0. The van der Waals surface area contributed by atoms with Crippen LogP contribution in [0.4, 0.5) is 0 Å². The van der Waals surface area contributed by atoms with Gasteiger partial charge >= 0.3 is 0 Å². The Bertz CT molecular complexity index is 753. The van der Waals surface area contributed by atoms with Crippen LogP contribution in [-0.2, 0) is 0 Å². The van der Waals surface area contributed by atoms with Crippen molar-refractivity contribution in [2.45, 2.75) is 97.4 Å². The smallest absolute Gasteiger partial charge is 0.0811 e. The van der Waals surface area contributed by atoms with E-state index < -0.39 is 17.8 Å². The second-order valence-electron chi connectivity index (χ2n) is 11.4. The van der Waals surface area contributed by atoms with Crippen LogP contribution < -0.4 is 0 Å². The third-order valence-electron chi connectivity index (χ3n) is 8.75. The van der Waals surface area contributed by atoms with Gasteiger partial charge in [-0.25, -0.2) is 0 Å². The van der Waals surface area contributed by atoms with E-state index in [2.05, 4.69) is 51.7 Å². The molecule has 0 aromatic rings. The molecule has 7 atom stereocenters. The first kappa shape index (κ1) is 24.5. The molecule has 0 aromatic heterocycles. The van der Waals surface area contributed by atoms with Crippen LogP contribution in [0.15, 0.2) is 47.6 Å². The van der Waals surface area contributed by atoms with Gasteiger partial charge in [0.15, 0.2) is 0 Å². The van der Waals surface area contributed by atoms with E-state index in [0.717, 1.165) is 17.6 Å². The fourth-order valence-electron chi connectivity index (χ4n) is 6.32. The summed E-state index contributed by atoms with van der Waals surface area (Å²) in [6.07, 6.45) is 15.0. The Morgan fingerprint density at radius 1 is 1.13 bits per heavy atom. The molecule has 3 nitrogen and oxygen atoms in total. The highest BCUT2D eigenvalue weighted by molar-refractivity contribution is 5.38. The largest absolute Gasteiger partial charge is 0.393 e. The third-order valence-corrected chi connectivity index (χ3v) is 8.75. The lowest BCUT2D eigenvalue weighted by molar-refractivity contribution is 0.0436. The highest BCUT2D eigenvalue weighted by Gasteiger charge is 2.50. The van der Waals surface area contributed by atoms with Gasteiger partial charge in [0.2, 0.25) is 0 Å². The third kappa shape index (κ3) is 5.26. The summed E-state index contributed by atoms with van der Waals surface area (Å²) >= 11 is 0. The summed E-state index contributed by atoms with van der Waals surface area (Å²) in [4.78, 5) is 0. The first-order valence-electron chi connectivity index (χ1n) is 12.3. The van der Waals surface area contributed by atoms with Crippen LogP contribution in [0.2, 0.25) is 0 Å². The molecule has 0 aromatic carbocycles. The molecule has 0 amide bonds. The minimum atomic E-state index is -0.684. The van der Waals surface area contributed by atoms with Crippen molar-refractivity contribution in [3.63, 3.8) is 0 Å². The maximum Gasteiger partial charge on any atom is 0.0811 e. The van der Waals surface area contributed by atoms with Gasteiger partial charge in [0, 0.05) is 12.3 Å². The Morgan fingerprint density at radius 3 is 2.52 bits per heavy atom. The lowest BCUT2D eigenvalue weighted by Crippen LogP contribution is -2.35. The van der Waals surface area contributed by atoms with Gasteiger partial charge in [-0.05, 0) is 86.7 Å². The van der Waals surface area contributed by atoms with Crippen molar-refractivity contribution in [3.05, 3.63) is 47.6 Å². The summed E-state index contributed by atoms with van der Waals surface area (Å²) in [6.45, 7) is 14.7. The van der Waals surface area contributed by atoms with Gasteiger partial charge in [-0.15, -0.1) is 0 Å². The van der Waals surface area contributed by atoms with Gasteiger partial charge in [0.1, 0.15) is 0 Å². The number of fused-ring (bicyclic) bond motifs is 1. The average Bonchev–Trinajstić information content (AvgIpc) is 3.04. The van der Waals surface area contributed by atoms with Crippen LogP contribution in [0.3, 0.4) is 0 Å². The number of hydrogen-bond donors (Lipinski definition) is 3. The molecule has 3 saturated carbocycles. The first-order chi connectivity index (χ1) is 14.4. The number of aliphatic hydroxyl groups is 3. The van der Waals surface area contributed by atoms with E-state index in [1.54, 1.807) is 0 Å². The van der Waals surface area contributed by atoms with Crippen molar-refractivity contribution in [2.24, 2.45) is 29.1 Å². The predicted molar refractivity (Wildman–Crippen MR) is 128 cm³/mol. The number of aliphatic hydroxyl groups excluding tert-OH is 2. The van der Waals surface area contributed by atoms with Crippen molar-refractivity contribution in [1.82, 2.24) is 0 Å². The number of hydrogen-bond acceptors (Lipinski definition) is 3. The van der Waals surface area contributed by atoms with Crippen LogP contribution >= 0.6 is 0 Å². The van der Waals surface area contributed by atoms with E-state index in [-0.39, 0.29) is 5.92 Å². The van der Waals surface area contributed by atoms with E-state index in [1.807, 2.05) is 13.8 Å². The van der Waals surface area contributed by atoms with Gasteiger partial charge in [-0.3, -0.25) is 0 Å². The molecule has 174 valence electrons. The molecule has 31 heavy (non-hydrogen) atoms. The zero-order valence-electron chi connectivity index (χ0n) is 20.3. The van der Waals surface area contributed by atoms with E-state index in [4.69, 9.17) is 0 Å². The fraction of sp³-hybridized carbons (Fsp3) is 0.714. The van der Waals surface area contributed by atoms with E-state index in [9.17, 15) is 15.3 Å². The Balaban J connectivity index is 1.76. The molecule has 0 saturated heterocycles. The number of allylic oxidation sites excluding steroid dienone is 4. The Kier molecular flexibility index (Phi) is 7.40. The highest BCUT2D eigenvalue weighted by Crippen LogP contribution is 2.59. The van der Waals surface area contributed by atoms with Gasteiger partial charge in [-0.2, -0.15) is 0 Å². The monoisotopic (exact) mass is 428 g/mol. The SMILES string of the molecule is C=C1/C(=C\C=C2/CCC[C@@]3(C)C2CC[C@@H]3[C@H](C)/C=C/[C@H](C)C(C)(C)O)C[C@@H](O)C[C@@H]1O. The van der Waals surface area contributed by atoms with Crippen LogP contribution in [0, 0.1) is 29.1 Å². The average molecular weight is 429 g/mol. The number of rotatable bonds is 5. The predicted octanol–water partition coefficient (Wildman–Crippen LogP) is 5.73. The molecule has 1 unspecified atom stereocenters. The summed E-state index contributed by atoms with van der Waals surface area (Å²) in [5.74, 6) is 1.91. The molecule has 3 aliphatic rings. The quantitative estimate of drug-likeness (QED) is 0.490. The van der Waals surface area contributed by atoms with E-state index in [1.165, 1.54) is 31.3 Å². The van der Waals surface area contributed by atoms with Gasteiger partial charge < -0.3 is 15.3 Å². The van der Waals surface area contributed by atoms with Gasteiger partial charge in [0.05, 0.1) is 17.8 Å². The van der Waals surface area contributed by atoms with Crippen molar-refractivity contribution in [3.8, 4) is 0 Å². The van der Waals surface area contributed by atoms with E-state index >= 15 is 0 Å². The molecule has 0 bridgehead atoms. The summed E-state index contributed by atoms with van der Waals surface area (Å²) in [5.41, 5.74) is 2.93. The minimum absolute atomic E-state index is 0.141. The molecular formula is C28H44O3. The Hall–Kier alpha value is -1.16. The van der Waals surface area contributed by atoms with Crippen molar-refractivity contribution in [1.29, 1.82) is 0 Å².